The summed E-state index contributed by atoms with van der Waals surface area (Å²) in [6.45, 7) is 17.8. The fourth-order valence-corrected chi connectivity index (χ4v) is 11.2. The second-order valence-electron chi connectivity index (χ2n) is 26.5. The van der Waals surface area contributed by atoms with E-state index in [0.29, 0.717) is 89.1 Å². The second-order valence-corrected chi connectivity index (χ2v) is 26.9. The molecule has 16 amide bonds. The number of nitrogens with two attached hydrogens (primary N) is 4. The third-order valence-electron chi connectivity index (χ3n) is 16.8. The van der Waals surface area contributed by atoms with Crippen molar-refractivity contribution in [3.63, 3.8) is 0 Å². The molecule has 0 saturated carbocycles. The van der Waals surface area contributed by atoms with Gasteiger partial charge < -0.3 is 123 Å². The van der Waals surface area contributed by atoms with Crippen LogP contribution in [0.2, 0.25) is 0 Å². The molecule has 32 heteroatoms. The number of amides is 16. The van der Waals surface area contributed by atoms with Crippen molar-refractivity contribution in [2.24, 2.45) is 40.7 Å². The smallest absolute Gasteiger partial charge is 0.315 e. The van der Waals surface area contributed by atoms with Gasteiger partial charge in [-0.3, -0.25) is 0 Å². The second kappa shape index (κ2) is 45.8. The van der Waals surface area contributed by atoms with Gasteiger partial charge in [-0.25, -0.2) is 38.4 Å². The van der Waals surface area contributed by atoms with E-state index in [4.69, 9.17) is 35.2 Å². The van der Waals surface area contributed by atoms with Crippen molar-refractivity contribution in [1.82, 2.24) is 100 Å². The molecule has 0 unspecified atom stereocenters. The molecule has 0 saturated heterocycles. The van der Waals surface area contributed by atoms with Crippen molar-refractivity contribution in [2.75, 3.05) is 72.0 Å². The number of urea groups is 8. The van der Waals surface area contributed by atoms with Crippen LogP contribution in [0.3, 0.4) is 0 Å². The zero-order valence-electron chi connectivity index (χ0n) is 59.2. The molecule has 99 heavy (non-hydrogen) atoms. The van der Waals surface area contributed by atoms with Crippen LogP contribution in [0.5, 0.6) is 0 Å². The minimum absolute atomic E-state index is 0.0156. The number of rotatable bonds is 44. The summed E-state index contributed by atoms with van der Waals surface area (Å²) in [6.07, 6.45) is 10.4. The predicted molar refractivity (Wildman–Crippen MR) is 395 cm³/mol. The normalized spacial score (nSPS) is 13.7. The van der Waals surface area contributed by atoms with Crippen molar-refractivity contribution in [2.45, 2.75) is 180 Å². The highest BCUT2D eigenvalue weighted by Gasteiger charge is 2.26. The quantitative estimate of drug-likeness (QED) is 0.0223. The zero-order valence-corrected chi connectivity index (χ0v) is 60.1. The first kappa shape index (κ1) is 82.7. The number of fused-ring (bicyclic) bond motifs is 2. The number of primary amides is 1. The van der Waals surface area contributed by atoms with Gasteiger partial charge in [-0.15, -0.1) is 0 Å². The maximum Gasteiger partial charge on any atom is 0.315 e. The summed E-state index contributed by atoms with van der Waals surface area (Å²) in [5.41, 5.74) is 26.4. The third-order valence-corrected chi connectivity index (χ3v) is 17.0. The number of carbonyl (C=O) groups is 8. The highest BCUT2D eigenvalue weighted by atomic mass is 32.1. The number of aromatic amines is 2. The lowest BCUT2D eigenvalue weighted by atomic mass is 10.0. The first-order chi connectivity index (χ1) is 47.4. The molecule has 2 aromatic carbocycles. The Morgan fingerprint density at radius 2 is 0.687 bits per heavy atom. The highest BCUT2D eigenvalue weighted by molar-refractivity contribution is 7.80. The van der Waals surface area contributed by atoms with Crippen molar-refractivity contribution in [1.29, 1.82) is 0 Å². The molecule has 8 atom stereocenters. The lowest BCUT2D eigenvalue weighted by Gasteiger charge is -2.27. The Labute approximate surface area is 588 Å². The Hall–Kier alpha value is -8.75. The number of hydrogen-bond donors (Lipinski definition) is 23. The summed E-state index contributed by atoms with van der Waals surface area (Å²) in [5.74, 6) is -0.0393. The molecular formula is C67H117N23O8S. The van der Waals surface area contributed by atoms with Crippen LogP contribution >= 0.6 is 12.2 Å². The van der Waals surface area contributed by atoms with Gasteiger partial charge in [-0.2, -0.15) is 0 Å². The zero-order chi connectivity index (χ0) is 72.7. The number of unbranched alkanes of at least 4 members (excludes halogenated alkanes) is 3. The summed E-state index contributed by atoms with van der Waals surface area (Å²) >= 11 is 5.70. The molecule has 2 aromatic heterocycles. The van der Waals surface area contributed by atoms with E-state index >= 15 is 0 Å². The van der Waals surface area contributed by atoms with Gasteiger partial charge in [-0.05, 0) is 138 Å². The molecule has 0 aliphatic carbocycles. The molecule has 0 spiro atoms. The Balaban J connectivity index is 1.37. The van der Waals surface area contributed by atoms with Gasteiger partial charge in [0.1, 0.15) is 0 Å². The van der Waals surface area contributed by atoms with E-state index in [1.165, 1.54) is 0 Å². The molecule has 4 rings (SSSR count). The number of aromatic nitrogens is 2. The molecule has 27 N–H and O–H groups in total. The van der Waals surface area contributed by atoms with Crippen LogP contribution in [0.15, 0.2) is 60.9 Å². The van der Waals surface area contributed by atoms with E-state index < -0.39 is 78.5 Å². The van der Waals surface area contributed by atoms with E-state index in [0.717, 1.165) is 45.8 Å². The monoisotopic (exact) mass is 1400 g/mol. The van der Waals surface area contributed by atoms with Gasteiger partial charge in [0.2, 0.25) is 0 Å². The maximum absolute atomic E-state index is 13.9. The molecule has 0 aliphatic rings. The molecule has 2 heterocycles. The van der Waals surface area contributed by atoms with Crippen LogP contribution in [0.4, 0.5) is 38.4 Å². The van der Waals surface area contributed by atoms with E-state index in [1.807, 2.05) is 116 Å². The van der Waals surface area contributed by atoms with Gasteiger partial charge in [0.25, 0.3) is 0 Å². The van der Waals surface area contributed by atoms with Crippen molar-refractivity contribution in [3.8, 4) is 0 Å². The number of hydrogen-bond acceptors (Lipinski definition) is 12. The van der Waals surface area contributed by atoms with E-state index in [-0.39, 0.29) is 87.7 Å². The van der Waals surface area contributed by atoms with Crippen molar-refractivity contribution >= 4 is 87.4 Å². The van der Waals surface area contributed by atoms with E-state index in [2.05, 4.69) is 100 Å². The largest absolute Gasteiger partial charge is 0.361 e. The molecule has 0 bridgehead atoms. The third kappa shape index (κ3) is 33.6. The minimum Gasteiger partial charge on any atom is -0.361 e. The van der Waals surface area contributed by atoms with Crippen molar-refractivity contribution in [3.05, 3.63) is 72.1 Å². The Bertz CT molecular complexity index is 3090. The summed E-state index contributed by atoms with van der Waals surface area (Å²) < 4.78 is 0. The first-order valence-electron chi connectivity index (χ1n) is 35.0. The van der Waals surface area contributed by atoms with Gasteiger partial charge >= 0.3 is 48.2 Å². The van der Waals surface area contributed by atoms with Crippen LogP contribution in [0, 0.1) is 17.8 Å². The van der Waals surface area contributed by atoms with Crippen LogP contribution in [0.1, 0.15) is 124 Å². The van der Waals surface area contributed by atoms with Crippen LogP contribution < -0.4 is 113 Å². The molecule has 0 radical (unpaired) electrons. The molecule has 0 fully saturated rings. The number of H-pyrrole nitrogens is 2. The van der Waals surface area contributed by atoms with Gasteiger partial charge in [0, 0.05) is 111 Å². The summed E-state index contributed by atoms with van der Waals surface area (Å²) in [5, 5.41) is 52.7. The van der Waals surface area contributed by atoms with Crippen LogP contribution in [-0.4, -0.2) is 190 Å². The number of para-hydroxylation sites is 2. The van der Waals surface area contributed by atoms with Crippen LogP contribution in [-0.2, 0) is 12.8 Å². The molecule has 0 aliphatic heterocycles. The fraction of sp³-hybridized carbons (Fsp3) is 0.627. The lowest BCUT2D eigenvalue weighted by molar-refractivity contribution is 0.221. The standard InChI is InChI=1S/C67H117N23O8S/c1-41(2)56(38-74-59(71)91)88-64(96)77-34-48(20-14-17-27-69)83-60(92)78-36-50(29-45-31-72-54-24-11-9-22-52(45)54)85-61(93)75-33-47(19-13-16-26-68)84-63(95)80-39-57(42(3)4)89-65(97)79-37-51(30-46-32-73-55-25-12-10-23-53(46)55)86-62(94)76-35-49(21-15-18-28-70)87-67(99)81-40-58(43(5)6)90-66(98)82-44(7)8/h9-12,22-25,31-32,41-44,47-51,56-58,72-73H,13-21,26-30,33-40,68-70H2,1-8H3,(H3,71,74,91)(H2,75,85,93)(H2,76,86,94)(H2,77,88,96)(H2,78,83,92)(H2,79,89,97)(H2,80,84,95)(H2,81,87,99)(H2,82,90,98)/t47-,48-,49-,50-,51-,56+,57+,58+/m0/s1. The molecule has 4 aromatic rings. The number of thiocarbonyl (C=S) groups is 1. The van der Waals surface area contributed by atoms with Crippen LogP contribution in [0.25, 0.3) is 21.8 Å². The fourth-order valence-electron chi connectivity index (χ4n) is 10.9. The first-order valence-corrected chi connectivity index (χ1v) is 35.4. The lowest BCUT2D eigenvalue weighted by Crippen LogP contribution is -2.56. The number of carbonyl (C=O) groups excluding carboxylic acids is 8. The highest BCUT2D eigenvalue weighted by Crippen LogP contribution is 2.21. The predicted octanol–water partition coefficient (Wildman–Crippen LogP) is 3.37. The van der Waals surface area contributed by atoms with Gasteiger partial charge in [0.05, 0.1) is 30.2 Å². The Morgan fingerprint density at radius 3 is 1.05 bits per heavy atom. The number of nitrogens with one attached hydrogen (secondary N) is 19. The molecule has 31 nitrogen and oxygen atoms in total. The topological polar surface area (TPSA) is 477 Å². The van der Waals surface area contributed by atoms with E-state index in [9.17, 15) is 38.4 Å². The SMILES string of the molecule is CC(C)NC(=O)N[C@H](CNC(=S)N[C@@H](CCCCN)CNC(=O)N[C@H](CNC(=O)N[C@H](CNC(=O)N[C@@H](CCCCN)CNC(=O)N[C@H](CNC(=O)N[C@@H](CCCCN)CNC(=O)N[C@H](CNC(N)=O)C(C)C)Cc1c[nH]c2ccccc12)C(C)C)Cc1c[nH]c2ccccc12)C(C)C. The average Bonchev–Trinajstić information content (AvgIpc) is 1.73. The van der Waals surface area contributed by atoms with Crippen molar-refractivity contribution < 1.29 is 38.4 Å². The maximum atomic E-state index is 13.9. The van der Waals surface area contributed by atoms with E-state index in [1.54, 1.807) is 0 Å². The number of benzene rings is 2. The molecular weight excluding hydrogens is 1290 g/mol. The summed E-state index contributed by atoms with van der Waals surface area (Å²) in [4.78, 5) is 112. The Morgan fingerprint density at radius 1 is 0.374 bits per heavy atom. The summed E-state index contributed by atoms with van der Waals surface area (Å²) in [7, 11) is 0. The average molecular weight is 1400 g/mol. The minimum atomic E-state index is -0.705. The van der Waals surface area contributed by atoms with Gasteiger partial charge in [-0.1, -0.05) is 97.2 Å². The Kier molecular flexibility index (Phi) is 38.2. The summed E-state index contributed by atoms with van der Waals surface area (Å²) in [6, 6.07) is 7.95. The van der Waals surface area contributed by atoms with Gasteiger partial charge in [0.15, 0.2) is 5.11 Å². The molecule has 554 valence electrons.